The summed E-state index contributed by atoms with van der Waals surface area (Å²) in [6, 6.07) is 11.0. The van der Waals surface area contributed by atoms with Crippen LogP contribution in [0.1, 0.15) is 11.4 Å². The minimum Gasteiger partial charge on any atom is -0.507 e. The zero-order chi connectivity index (χ0) is 14.7. The fourth-order valence-electron chi connectivity index (χ4n) is 2.14. The summed E-state index contributed by atoms with van der Waals surface area (Å²) in [5.41, 5.74) is 1.63. The summed E-state index contributed by atoms with van der Waals surface area (Å²) < 4.78 is 6.99. The number of rotatable bonds is 5. The third-order valence-electron chi connectivity index (χ3n) is 3.28. The summed E-state index contributed by atoms with van der Waals surface area (Å²) in [4.78, 5) is 0. The van der Waals surface area contributed by atoms with E-state index in [4.69, 9.17) is 4.74 Å². The van der Waals surface area contributed by atoms with Gasteiger partial charge >= 0.3 is 0 Å². The van der Waals surface area contributed by atoms with Crippen LogP contribution in [0.15, 0.2) is 42.6 Å². The molecule has 0 saturated carbocycles. The van der Waals surface area contributed by atoms with Crippen molar-refractivity contribution in [2.45, 2.75) is 13.1 Å². The Morgan fingerprint density at radius 3 is 2.90 bits per heavy atom. The first-order chi connectivity index (χ1) is 10.3. The number of hydrogen-bond acceptors (Lipinski definition) is 5. The van der Waals surface area contributed by atoms with E-state index in [1.54, 1.807) is 13.2 Å². The lowest BCUT2D eigenvalue weighted by Gasteiger charge is -2.08. The van der Waals surface area contributed by atoms with Crippen LogP contribution in [0.2, 0.25) is 0 Å². The molecule has 0 bridgehead atoms. The number of ether oxygens (including phenoxy) is 1. The van der Waals surface area contributed by atoms with Crippen molar-refractivity contribution in [3.05, 3.63) is 54.0 Å². The van der Waals surface area contributed by atoms with E-state index in [2.05, 4.69) is 15.5 Å². The number of phenols is 1. The first kappa shape index (κ1) is 13.4. The van der Waals surface area contributed by atoms with Crippen molar-refractivity contribution in [2.75, 3.05) is 7.11 Å². The molecule has 2 N–H and O–H groups in total. The Kier molecular flexibility index (Phi) is 3.70. The lowest BCUT2D eigenvalue weighted by molar-refractivity contribution is 0.406. The predicted octanol–water partition coefficient (Wildman–Crippen LogP) is 1.73. The molecule has 0 spiro atoms. The number of nitrogens with one attached hydrogen (secondary N) is 1. The number of aromatic nitrogens is 3. The molecule has 6 nitrogen and oxygen atoms in total. The third kappa shape index (κ3) is 2.80. The molecular weight excluding hydrogens is 268 g/mol. The fourth-order valence-corrected chi connectivity index (χ4v) is 2.14. The van der Waals surface area contributed by atoms with Gasteiger partial charge < -0.3 is 15.2 Å². The maximum absolute atomic E-state index is 9.90. The zero-order valence-corrected chi connectivity index (χ0v) is 11.7. The van der Waals surface area contributed by atoms with E-state index in [1.165, 1.54) is 0 Å². The second kappa shape index (κ2) is 5.80. The highest BCUT2D eigenvalue weighted by atomic mass is 16.5. The molecule has 0 atom stereocenters. The summed E-state index contributed by atoms with van der Waals surface area (Å²) in [6.07, 6.45) is 1.93. The van der Waals surface area contributed by atoms with E-state index in [0.29, 0.717) is 18.8 Å². The average Bonchev–Trinajstić information content (AvgIpc) is 2.92. The van der Waals surface area contributed by atoms with Crippen molar-refractivity contribution >= 4 is 5.65 Å². The van der Waals surface area contributed by atoms with Crippen LogP contribution in [0.5, 0.6) is 11.5 Å². The number of fused-ring (bicyclic) bond motifs is 1. The molecule has 21 heavy (non-hydrogen) atoms. The fraction of sp³-hybridized carbons (Fsp3) is 0.200. The number of hydrogen-bond donors (Lipinski definition) is 2. The van der Waals surface area contributed by atoms with Crippen molar-refractivity contribution in [1.82, 2.24) is 19.9 Å². The summed E-state index contributed by atoms with van der Waals surface area (Å²) in [5.74, 6) is 1.69. The average molecular weight is 284 g/mol. The topological polar surface area (TPSA) is 71.7 Å². The van der Waals surface area contributed by atoms with Gasteiger partial charge in [0, 0.05) is 24.4 Å². The Morgan fingerprint density at radius 2 is 2.10 bits per heavy atom. The van der Waals surface area contributed by atoms with Gasteiger partial charge in [0.25, 0.3) is 0 Å². The smallest absolute Gasteiger partial charge is 0.160 e. The Hall–Kier alpha value is -2.60. The minimum absolute atomic E-state index is 0.216. The van der Waals surface area contributed by atoms with Crippen molar-refractivity contribution < 1.29 is 9.84 Å². The van der Waals surface area contributed by atoms with Crippen LogP contribution < -0.4 is 10.1 Å². The predicted molar refractivity (Wildman–Crippen MR) is 78.2 cm³/mol. The van der Waals surface area contributed by atoms with Gasteiger partial charge in [-0.15, -0.1) is 10.2 Å². The molecule has 0 aliphatic carbocycles. The van der Waals surface area contributed by atoms with Crippen LogP contribution in [0.25, 0.3) is 5.65 Å². The van der Waals surface area contributed by atoms with Crippen LogP contribution in [0.4, 0.5) is 0 Å². The van der Waals surface area contributed by atoms with Gasteiger partial charge in [-0.05, 0) is 18.2 Å². The Morgan fingerprint density at radius 1 is 1.19 bits per heavy atom. The minimum atomic E-state index is 0.216. The normalized spacial score (nSPS) is 10.9. The monoisotopic (exact) mass is 284 g/mol. The molecule has 0 radical (unpaired) electrons. The SMILES string of the molecule is COc1ccc(CNCc2nnc3ccccn23)c(O)c1. The van der Waals surface area contributed by atoms with Gasteiger partial charge in [0.1, 0.15) is 11.5 Å². The van der Waals surface area contributed by atoms with Crippen LogP contribution in [0, 0.1) is 0 Å². The molecule has 1 aromatic carbocycles. The molecule has 2 heterocycles. The van der Waals surface area contributed by atoms with Gasteiger partial charge in [-0.1, -0.05) is 12.1 Å². The summed E-state index contributed by atoms with van der Waals surface area (Å²) in [5, 5.41) is 21.4. The molecule has 6 heteroatoms. The number of methoxy groups -OCH3 is 1. The van der Waals surface area contributed by atoms with Gasteiger partial charge in [-0.25, -0.2) is 0 Å². The van der Waals surface area contributed by atoms with Crippen molar-refractivity contribution in [2.24, 2.45) is 0 Å². The van der Waals surface area contributed by atoms with E-state index in [9.17, 15) is 5.11 Å². The van der Waals surface area contributed by atoms with Crippen LogP contribution in [0.3, 0.4) is 0 Å². The molecule has 2 aromatic heterocycles. The number of nitrogens with zero attached hydrogens (tertiary/aromatic N) is 3. The molecule has 0 amide bonds. The molecule has 0 fully saturated rings. The van der Waals surface area contributed by atoms with Crippen LogP contribution >= 0.6 is 0 Å². The highest BCUT2D eigenvalue weighted by Crippen LogP contribution is 2.23. The highest BCUT2D eigenvalue weighted by Gasteiger charge is 2.06. The van der Waals surface area contributed by atoms with E-state index in [0.717, 1.165) is 17.0 Å². The second-order valence-corrected chi connectivity index (χ2v) is 4.64. The number of aromatic hydroxyl groups is 1. The Balaban J connectivity index is 1.66. The molecule has 0 aliphatic heterocycles. The summed E-state index contributed by atoms with van der Waals surface area (Å²) >= 11 is 0. The molecule has 0 aliphatic rings. The van der Waals surface area contributed by atoms with E-state index in [1.807, 2.05) is 40.9 Å². The Bertz CT molecular complexity index is 754. The molecular formula is C15H16N4O2. The molecule has 0 unspecified atom stereocenters. The van der Waals surface area contributed by atoms with Crippen molar-refractivity contribution in [3.8, 4) is 11.5 Å². The van der Waals surface area contributed by atoms with Crippen LogP contribution in [-0.4, -0.2) is 26.8 Å². The van der Waals surface area contributed by atoms with Gasteiger partial charge in [-0.2, -0.15) is 0 Å². The van der Waals surface area contributed by atoms with Crippen molar-refractivity contribution in [3.63, 3.8) is 0 Å². The zero-order valence-electron chi connectivity index (χ0n) is 11.7. The van der Waals surface area contributed by atoms with E-state index in [-0.39, 0.29) is 5.75 Å². The lowest BCUT2D eigenvalue weighted by atomic mass is 10.2. The first-order valence-corrected chi connectivity index (χ1v) is 6.63. The van der Waals surface area contributed by atoms with Gasteiger partial charge in [0.05, 0.1) is 13.7 Å². The maximum Gasteiger partial charge on any atom is 0.160 e. The Labute approximate surface area is 122 Å². The van der Waals surface area contributed by atoms with Crippen LogP contribution in [-0.2, 0) is 13.1 Å². The first-order valence-electron chi connectivity index (χ1n) is 6.63. The van der Waals surface area contributed by atoms with Gasteiger partial charge in [0.2, 0.25) is 0 Å². The second-order valence-electron chi connectivity index (χ2n) is 4.64. The third-order valence-corrected chi connectivity index (χ3v) is 3.28. The summed E-state index contributed by atoms with van der Waals surface area (Å²) in [6.45, 7) is 1.11. The largest absolute Gasteiger partial charge is 0.507 e. The lowest BCUT2D eigenvalue weighted by Crippen LogP contribution is -2.15. The molecule has 108 valence electrons. The standard InChI is InChI=1S/C15H16N4O2/c1-21-12-6-5-11(13(20)8-12)9-16-10-15-18-17-14-4-2-3-7-19(14)15/h2-8,16,20H,9-10H2,1H3. The van der Waals surface area contributed by atoms with Gasteiger partial charge in [0.15, 0.2) is 11.5 Å². The van der Waals surface area contributed by atoms with Crippen molar-refractivity contribution in [1.29, 1.82) is 0 Å². The molecule has 3 rings (SSSR count). The molecule has 3 aromatic rings. The quantitative estimate of drug-likeness (QED) is 0.746. The number of phenolic OH excluding ortho intramolecular Hbond substituents is 1. The van der Waals surface area contributed by atoms with E-state index < -0.39 is 0 Å². The highest BCUT2D eigenvalue weighted by molar-refractivity contribution is 5.39. The maximum atomic E-state index is 9.90. The van der Waals surface area contributed by atoms with E-state index >= 15 is 0 Å². The number of pyridine rings is 1. The van der Waals surface area contributed by atoms with Gasteiger partial charge in [-0.3, -0.25) is 4.40 Å². The molecule has 0 saturated heterocycles. The summed E-state index contributed by atoms with van der Waals surface area (Å²) in [7, 11) is 1.57. The number of benzene rings is 1.